The van der Waals surface area contributed by atoms with Crippen LogP contribution >= 0.6 is 0 Å². The van der Waals surface area contributed by atoms with Crippen molar-refractivity contribution >= 4 is 5.97 Å². The first-order valence-corrected chi connectivity index (χ1v) is 15.7. The predicted molar refractivity (Wildman–Crippen MR) is 151 cm³/mol. The van der Waals surface area contributed by atoms with Gasteiger partial charge in [0.2, 0.25) is 0 Å². The van der Waals surface area contributed by atoms with Crippen molar-refractivity contribution in [3.8, 4) is 0 Å². The topological polar surface area (TPSA) is 49.3 Å². The Balaban J connectivity index is 3.85. The highest BCUT2D eigenvalue weighted by molar-refractivity contribution is 5.66. The average Bonchev–Trinajstić information content (AvgIpc) is 2.82. The minimum atomic E-state index is -0.659. The first kappa shape index (κ1) is 33.4. The molecule has 0 atom stereocenters. The zero-order valence-corrected chi connectivity index (χ0v) is 23.5. The van der Waals surface area contributed by atoms with E-state index in [9.17, 15) is 4.79 Å². The van der Waals surface area contributed by atoms with Crippen LogP contribution in [0.2, 0.25) is 0 Å². The molecular formula is C31H63NO2. The Morgan fingerprint density at radius 3 is 1.26 bits per heavy atom. The first-order chi connectivity index (χ1) is 16.7. The largest absolute Gasteiger partial charge is 0.481 e. The molecule has 2 N–H and O–H groups in total. The summed E-state index contributed by atoms with van der Waals surface area (Å²) in [5.74, 6) is -0.659. The van der Waals surface area contributed by atoms with Crippen molar-refractivity contribution in [2.75, 3.05) is 6.54 Å². The Labute approximate surface area is 214 Å². The summed E-state index contributed by atoms with van der Waals surface area (Å²) in [5, 5.41) is 12.6. The summed E-state index contributed by atoms with van der Waals surface area (Å²) in [6.07, 6.45) is 34.1. The zero-order valence-electron chi connectivity index (χ0n) is 23.5. The second kappa shape index (κ2) is 28.7. The van der Waals surface area contributed by atoms with Gasteiger partial charge >= 0.3 is 5.97 Å². The molecule has 0 saturated heterocycles. The first-order valence-electron chi connectivity index (χ1n) is 15.7. The van der Waals surface area contributed by atoms with Gasteiger partial charge in [-0.25, -0.2) is 0 Å². The molecule has 0 rings (SSSR count). The maximum absolute atomic E-state index is 10.7. The van der Waals surface area contributed by atoms with Crippen LogP contribution in [-0.4, -0.2) is 23.7 Å². The Morgan fingerprint density at radius 1 is 0.529 bits per heavy atom. The molecule has 34 heavy (non-hydrogen) atoms. The summed E-state index contributed by atoms with van der Waals surface area (Å²) < 4.78 is 0. The Bertz CT molecular complexity index is 375. The van der Waals surface area contributed by atoms with Gasteiger partial charge in [0.15, 0.2) is 0 Å². The van der Waals surface area contributed by atoms with Gasteiger partial charge in [-0.2, -0.15) is 0 Å². The lowest BCUT2D eigenvalue weighted by Gasteiger charge is -2.19. The van der Waals surface area contributed by atoms with Crippen LogP contribution < -0.4 is 5.32 Å². The summed E-state index contributed by atoms with van der Waals surface area (Å²) >= 11 is 0. The molecule has 3 nitrogen and oxygen atoms in total. The highest BCUT2D eigenvalue weighted by Gasteiger charge is 2.08. The van der Waals surface area contributed by atoms with E-state index in [-0.39, 0.29) is 0 Å². The number of unbranched alkanes of at least 4 members (excludes halogenated alkanes) is 20. The molecule has 0 saturated carbocycles. The fourth-order valence-corrected chi connectivity index (χ4v) is 4.99. The highest BCUT2D eigenvalue weighted by atomic mass is 16.4. The molecule has 0 amide bonds. The molecule has 0 spiro atoms. The van der Waals surface area contributed by atoms with Crippen LogP contribution in [0.3, 0.4) is 0 Å². The van der Waals surface area contributed by atoms with Crippen LogP contribution in [0, 0.1) is 0 Å². The third kappa shape index (κ3) is 27.7. The fourth-order valence-electron chi connectivity index (χ4n) is 4.99. The average molecular weight is 482 g/mol. The van der Waals surface area contributed by atoms with E-state index < -0.39 is 5.97 Å². The van der Waals surface area contributed by atoms with Gasteiger partial charge in [0.1, 0.15) is 0 Å². The molecule has 204 valence electrons. The molecule has 0 aliphatic carbocycles. The van der Waals surface area contributed by atoms with Crippen molar-refractivity contribution in [1.29, 1.82) is 0 Å². The third-order valence-corrected chi connectivity index (χ3v) is 7.31. The lowest BCUT2D eigenvalue weighted by atomic mass is 9.99. The maximum Gasteiger partial charge on any atom is 0.303 e. The SMILES string of the molecule is CCCCCCCCCCCCC(CCCCCCCCCCCC)NCCCCCC(=O)O. The van der Waals surface area contributed by atoms with E-state index >= 15 is 0 Å². The van der Waals surface area contributed by atoms with Crippen LogP contribution in [0.1, 0.15) is 181 Å². The van der Waals surface area contributed by atoms with Crippen LogP contribution in [-0.2, 0) is 4.79 Å². The van der Waals surface area contributed by atoms with Gasteiger partial charge in [-0.15, -0.1) is 0 Å². The van der Waals surface area contributed by atoms with Crippen LogP contribution in [0.4, 0.5) is 0 Å². The number of hydrogen-bond donors (Lipinski definition) is 2. The molecule has 0 radical (unpaired) electrons. The second-order valence-electron chi connectivity index (χ2n) is 10.8. The predicted octanol–water partition coefficient (Wildman–Crippen LogP) is 10.2. The Hall–Kier alpha value is -0.570. The molecule has 0 fully saturated rings. The smallest absolute Gasteiger partial charge is 0.303 e. The fraction of sp³-hybridized carbons (Fsp3) is 0.968. The lowest BCUT2D eigenvalue weighted by molar-refractivity contribution is -0.137. The summed E-state index contributed by atoms with van der Waals surface area (Å²) in [5.41, 5.74) is 0. The number of carboxylic acids is 1. The number of carbonyl (C=O) groups is 1. The van der Waals surface area contributed by atoms with Crippen molar-refractivity contribution in [3.63, 3.8) is 0 Å². The van der Waals surface area contributed by atoms with E-state index in [0.29, 0.717) is 12.5 Å². The number of rotatable bonds is 29. The van der Waals surface area contributed by atoms with Crippen LogP contribution in [0.5, 0.6) is 0 Å². The van der Waals surface area contributed by atoms with Crippen molar-refractivity contribution in [1.82, 2.24) is 5.32 Å². The molecule has 0 heterocycles. The molecule has 0 bridgehead atoms. The third-order valence-electron chi connectivity index (χ3n) is 7.31. The quantitative estimate of drug-likeness (QED) is 0.104. The van der Waals surface area contributed by atoms with Gasteiger partial charge in [0, 0.05) is 12.5 Å². The summed E-state index contributed by atoms with van der Waals surface area (Å²) in [7, 11) is 0. The summed E-state index contributed by atoms with van der Waals surface area (Å²) in [4.78, 5) is 10.7. The van der Waals surface area contributed by atoms with E-state index in [1.807, 2.05) is 0 Å². The summed E-state index contributed by atoms with van der Waals surface area (Å²) in [6, 6.07) is 0.669. The molecule has 0 aromatic heterocycles. The Morgan fingerprint density at radius 2 is 0.882 bits per heavy atom. The highest BCUT2D eigenvalue weighted by Crippen LogP contribution is 2.16. The van der Waals surface area contributed by atoms with E-state index in [2.05, 4.69) is 19.2 Å². The van der Waals surface area contributed by atoms with Gasteiger partial charge in [-0.1, -0.05) is 149 Å². The number of nitrogens with one attached hydrogen (secondary N) is 1. The van der Waals surface area contributed by atoms with E-state index in [4.69, 9.17) is 5.11 Å². The zero-order chi connectivity index (χ0) is 25.0. The Kier molecular flexibility index (Phi) is 28.2. The molecule has 3 heteroatoms. The molecular weight excluding hydrogens is 418 g/mol. The molecule has 0 aliphatic heterocycles. The number of hydrogen-bond acceptors (Lipinski definition) is 2. The van der Waals surface area contributed by atoms with Crippen molar-refractivity contribution < 1.29 is 9.90 Å². The van der Waals surface area contributed by atoms with Gasteiger partial charge in [-0.3, -0.25) is 4.79 Å². The van der Waals surface area contributed by atoms with Gasteiger partial charge in [0.25, 0.3) is 0 Å². The molecule has 0 unspecified atom stereocenters. The maximum atomic E-state index is 10.7. The molecule has 0 aliphatic rings. The lowest BCUT2D eigenvalue weighted by Crippen LogP contribution is -2.30. The standard InChI is InChI=1S/C31H63NO2/c1-3-5-7-9-11-13-15-17-19-22-26-30(32-29-25-21-24-28-31(33)34)27-23-20-18-16-14-12-10-8-6-4-2/h30,32H,3-29H2,1-2H3,(H,33,34). The molecule has 0 aromatic rings. The number of aliphatic carboxylic acids is 1. The van der Waals surface area contributed by atoms with Crippen molar-refractivity contribution in [2.24, 2.45) is 0 Å². The van der Waals surface area contributed by atoms with E-state index in [1.54, 1.807) is 0 Å². The van der Waals surface area contributed by atoms with Gasteiger partial charge in [-0.05, 0) is 32.2 Å². The van der Waals surface area contributed by atoms with Gasteiger partial charge < -0.3 is 10.4 Å². The monoisotopic (exact) mass is 481 g/mol. The van der Waals surface area contributed by atoms with Crippen LogP contribution in [0.25, 0.3) is 0 Å². The normalized spacial score (nSPS) is 11.5. The van der Waals surface area contributed by atoms with Crippen LogP contribution in [0.15, 0.2) is 0 Å². The second-order valence-corrected chi connectivity index (χ2v) is 10.8. The van der Waals surface area contributed by atoms with E-state index in [1.165, 1.54) is 141 Å². The van der Waals surface area contributed by atoms with E-state index in [0.717, 1.165) is 25.8 Å². The van der Waals surface area contributed by atoms with Crippen molar-refractivity contribution in [2.45, 2.75) is 187 Å². The van der Waals surface area contributed by atoms with Gasteiger partial charge in [0.05, 0.1) is 0 Å². The minimum Gasteiger partial charge on any atom is -0.481 e. The summed E-state index contributed by atoms with van der Waals surface area (Å²) in [6.45, 7) is 5.63. The molecule has 0 aromatic carbocycles. The number of carboxylic acid groups (broad SMARTS) is 1. The minimum absolute atomic E-state index is 0.320. The van der Waals surface area contributed by atoms with Crippen molar-refractivity contribution in [3.05, 3.63) is 0 Å².